The lowest BCUT2D eigenvalue weighted by atomic mass is 9.93. The summed E-state index contributed by atoms with van der Waals surface area (Å²) in [4.78, 5) is 32.0. The molecule has 5 rings (SSSR count). The van der Waals surface area contributed by atoms with Gasteiger partial charge in [-0.3, -0.25) is 9.59 Å². The number of carbonyl (C=O) groups excluding carboxylic acids is 1. The summed E-state index contributed by atoms with van der Waals surface area (Å²) in [5.41, 5.74) is 2.27. The van der Waals surface area contributed by atoms with Crippen LogP contribution < -0.4 is 20.3 Å². The van der Waals surface area contributed by atoms with Crippen molar-refractivity contribution < 1.29 is 14.3 Å². The number of halogens is 1. The number of rotatable bonds is 7. The average Bonchev–Trinajstić information content (AvgIpc) is 3.72. The maximum absolute atomic E-state index is 13.2. The van der Waals surface area contributed by atoms with Gasteiger partial charge in [0, 0.05) is 46.3 Å². The van der Waals surface area contributed by atoms with Crippen LogP contribution in [0.5, 0.6) is 11.5 Å². The molecule has 1 amide bonds. The SMILES string of the molecule is CSc1cc(C)[nH]c(=O)c1CNC(=O)c1cc(Cl)c2c(c1C)OC(C1CCCN(CC3CC3)CC1)CO2. The summed E-state index contributed by atoms with van der Waals surface area (Å²) in [6.07, 6.45) is 7.99. The van der Waals surface area contributed by atoms with Crippen LogP contribution in [-0.2, 0) is 6.54 Å². The molecule has 1 aliphatic carbocycles. The van der Waals surface area contributed by atoms with Crippen molar-refractivity contribution >= 4 is 29.3 Å². The van der Waals surface area contributed by atoms with Gasteiger partial charge in [0.25, 0.3) is 11.5 Å². The summed E-state index contributed by atoms with van der Waals surface area (Å²) in [5, 5.41) is 3.26. The van der Waals surface area contributed by atoms with Crippen LogP contribution in [0.15, 0.2) is 21.8 Å². The molecule has 9 heteroatoms. The first kappa shape index (κ1) is 26.4. The minimum Gasteiger partial charge on any atom is -0.484 e. The van der Waals surface area contributed by atoms with Crippen molar-refractivity contribution in [2.75, 3.05) is 32.5 Å². The molecule has 0 bridgehead atoms. The Hall–Kier alpha value is -2.16. The number of pyridine rings is 1. The second kappa shape index (κ2) is 11.3. The second-order valence-electron chi connectivity index (χ2n) is 10.6. The Labute approximate surface area is 227 Å². The van der Waals surface area contributed by atoms with Crippen LogP contribution in [0.1, 0.15) is 59.3 Å². The van der Waals surface area contributed by atoms with Crippen LogP contribution in [0.25, 0.3) is 0 Å². The highest BCUT2D eigenvalue weighted by atomic mass is 35.5. The Kier molecular flexibility index (Phi) is 8.07. The molecule has 2 N–H and O–H groups in total. The number of fused-ring (bicyclic) bond motifs is 1. The van der Waals surface area contributed by atoms with Gasteiger partial charge < -0.3 is 24.7 Å². The number of thioether (sulfide) groups is 1. The van der Waals surface area contributed by atoms with Gasteiger partial charge in [-0.15, -0.1) is 11.8 Å². The maximum Gasteiger partial charge on any atom is 0.254 e. The molecule has 1 saturated carbocycles. The Morgan fingerprint density at radius 2 is 2.00 bits per heavy atom. The van der Waals surface area contributed by atoms with Gasteiger partial charge in [-0.25, -0.2) is 0 Å². The number of hydrogen-bond donors (Lipinski definition) is 2. The Morgan fingerprint density at radius 3 is 2.76 bits per heavy atom. The third-order valence-electron chi connectivity index (χ3n) is 7.82. The molecule has 1 saturated heterocycles. The van der Waals surface area contributed by atoms with Crippen LogP contribution >= 0.6 is 23.4 Å². The minimum atomic E-state index is -0.301. The number of nitrogens with one attached hydrogen (secondary N) is 2. The van der Waals surface area contributed by atoms with Gasteiger partial charge in [0.2, 0.25) is 0 Å². The number of amides is 1. The van der Waals surface area contributed by atoms with Gasteiger partial charge >= 0.3 is 0 Å². The highest BCUT2D eigenvalue weighted by molar-refractivity contribution is 7.98. The van der Waals surface area contributed by atoms with E-state index in [0.717, 1.165) is 42.4 Å². The number of likely N-dealkylation sites (tertiary alicyclic amines) is 1. The number of carbonyl (C=O) groups is 1. The molecule has 2 aromatic rings. The van der Waals surface area contributed by atoms with E-state index in [1.54, 1.807) is 6.07 Å². The van der Waals surface area contributed by atoms with E-state index in [9.17, 15) is 9.59 Å². The van der Waals surface area contributed by atoms with Gasteiger partial charge in [0.05, 0.1) is 5.02 Å². The molecule has 2 atom stereocenters. The predicted octanol–water partition coefficient (Wildman–Crippen LogP) is 4.95. The predicted molar refractivity (Wildman–Crippen MR) is 147 cm³/mol. The van der Waals surface area contributed by atoms with Crippen LogP contribution in [0, 0.1) is 25.7 Å². The molecule has 2 aliphatic heterocycles. The van der Waals surface area contributed by atoms with E-state index in [4.69, 9.17) is 21.1 Å². The van der Waals surface area contributed by atoms with E-state index in [1.165, 1.54) is 37.6 Å². The number of hydrogen-bond acceptors (Lipinski definition) is 6. The quantitative estimate of drug-likeness (QED) is 0.479. The van der Waals surface area contributed by atoms with Crippen LogP contribution in [0.2, 0.25) is 5.02 Å². The first-order valence-electron chi connectivity index (χ1n) is 13.2. The van der Waals surface area contributed by atoms with Gasteiger partial charge in [-0.1, -0.05) is 11.6 Å². The molecule has 200 valence electrons. The van der Waals surface area contributed by atoms with Crippen LogP contribution in [-0.4, -0.2) is 54.4 Å². The van der Waals surface area contributed by atoms with E-state index in [2.05, 4.69) is 15.2 Å². The van der Waals surface area contributed by atoms with E-state index >= 15 is 0 Å². The van der Waals surface area contributed by atoms with Crippen molar-refractivity contribution in [1.29, 1.82) is 0 Å². The fourth-order valence-electron chi connectivity index (χ4n) is 5.50. The molecule has 3 heterocycles. The van der Waals surface area contributed by atoms with Gasteiger partial charge in [-0.05, 0) is 83.3 Å². The molecular formula is C28H36ClN3O4S. The standard InChI is InChI=1S/C28H36ClN3O4S/c1-16-11-24(37-3)21(28(34)31-16)13-30-27(33)20-12-22(29)26-25(17(20)2)36-23(15-35-26)19-5-4-9-32(10-8-19)14-18-6-7-18/h11-12,18-19,23H,4-10,13-15H2,1-3H3,(H,30,33)(H,31,34). The molecule has 2 unspecified atom stereocenters. The van der Waals surface area contributed by atoms with Crippen molar-refractivity contribution in [3.63, 3.8) is 0 Å². The minimum absolute atomic E-state index is 0.0586. The van der Waals surface area contributed by atoms with Crippen molar-refractivity contribution in [2.45, 2.75) is 63.5 Å². The zero-order valence-corrected chi connectivity index (χ0v) is 23.4. The monoisotopic (exact) mass is 545 g/mol. The summed E-state index contributed by atoms with van der Waals surface area (Å²) >= 11 is 8.04. The summed E-state index contributed by atoms with van der Waals surface area (Å²) in [5.74, 6) is 2.08. The van der Waals surface area contributed by atoms with Gasteiger partial charge in [0.15, 0.2) is 11.5 Å². The Morgan fingerprint density at radius 1 is 1.19 bits per heavy atom. The Bertz CT molecular complexity index is 1230. The van der Waals surface area contributed by atoms with E-state index in [-0.39, 0.29) is 24.1 Å². The zero-order chi connectivity index (χ0) is 26.1. The van der Waals surface area contributed by atoms with Crippen molar-refractivity contribution in [2.24, 2.45) is 11.8 Å². The number of aryl methyl sites for hydroxylation is 1. The third-order valence-corrected chi connectivity index (χ3v) is 8.91. The fourth-order valence-corrected chi connectivity index (χ4v) is 6.45. The van der Waals surface area contributed by atoms with Gasteiger partial charge in [-0.2, -0.15) is 0 Å². The lowest BCUT2D eigenvalue weighted by Gasteiger charge is -2.33. The number of benzene rings is 1. The van der Waals surface area contributed by atoms with E-state index in [1.807, 2.05) is 26.2 Å². The topological polar surface area (TPSA) is 83.7 Å². The Balaban J connectivity index is 1.29. The summed E-state index contributed by atoms with van der Waals surface area (Å²) in [6.45, 7) is 7.80. The molecule has 37 heavy (non-hydrogen) atoms. The lowest BCUT2D eigenvalue weighted by molar-refractivity contribution is 0.0414. The first-order chi connectivity index (χ1) is 17.8. The normalized spacial score (nSPS) is 21.9. The fraction of sp³-hybridized carbons (Fsp3) is 0.571. The number of aromatic amines is 1. The summed E-state index contributed by atoms with van der Waals surface area (Å²) in [7, 11) is 0. The smallest absolute Gasteiger partial charge is 0.254 e. The lowest BCUT2D eigenvalue weighted by Crippen LogP contribution is -2.37. The van der Waals surface area contributed by atoms with Crippen molar-refractivity contribution in [1.82, 2.24) is 15.2 Å². The highest BCUT2D eigenvalue weighted by Crippen LogP contribution is 2.44. The van der Waals surface area contributed by atoms with Crippen LogP contribution in [0.4, 0.5) is 0 Å². The first-order valence-corrected chi connectivity index (χ1v) is 14.8. The maximum atomic E-state index is 13.2. The molecular weight excluding hydrogens is 510 g/mol. The number of aromatic nitrogens is 1. The molecule has 1 aromatic carbocycles. The molecule has 1 aromatic heterocycles. The second-order valence-corrected chi connectivity index (χ2v) is 11.9. The number of H-pyrrole nitrogens is 1. The van der Waals surface area contributed by atoms with E-state index < -0.39 is 0 Å². The zero-order valence-electron chi connectivity index (χ0n) is 21.8. The van der Waals surface area contributed by atoms with Crippen molar-refractivity contribution in [3.05, 3.63) is 49.9 Å². The molecule has 2 fully saturated rings. The van der Waals surface area contributed by atoms with E-state index in [0.29, 0.717) is 45.7 Å². The van der Waals surface area contributed by atoms with Gasteiger partial charge in [0.1, 0.15) is 12.7 Å². The molecule has 0 radical (unpaired) electrons. The number of nitrogens with zero attached hydrogens (tertiary/aromatic N) is 1. The summed E-state index contributed by atoms with van der Waals surface area (Å²) < 4.78 is 12.6. The van der Waals surface area contributed by atoms with Crippen molar-refractivity contribution in [3.8, 4) is 11.5 Å². The molecule has 3 aliphatic rings. The molecule has 0 spiro atoms. The highest BCUT2D eigenvalue weighted by Gasteiger charge is 2.34. The largest absolute Gasteiger partial charge is 0.484 e. The summed E-state index contributed by atoms with van der Waals surface area (Å²) in [6, 6.07) is 3.55. The van der Waals surface area contributed by atoms with Crippen LogP contribution in [0.3, 0.4) is 0 Å². The number of ether oxygens (including phenoxy) is 2. The average molecular weight is 546 g/mol. The third kappa shape index (κ3) is 5.96. The molecule has 7 nitrogen and oxygen atoms in total.